The summed E-state index contributed by atoms with van der Waals surface area (Å²) in [5, 5.41) is 17.6. The minimum absolute atomic E-state index is 0.180. The van der Waals surface area contributed by atoms with Crippen LogP contribution in [0.2, 0.25) is 0 Å². The number of rotatable bonds is 3. The summed E-state index contributed by atoms with van der Waals surface area (Å²) < 4.78 is 38.2. The van der Waals surface area contributed by atoms with Gasteiger partial charge in [-0.15, -0.1) is 0 Å². The Morgan fingerprint density at radius 1 is 1.19 bits per heavy atom. The smallest absolute Gasteiger partial charge is 0.383 e. The van der Waals surface area contributed by atoms with Crippen LogP contribution in [0, 0.1) is 22.7 Å². The van der Waals surface area contributed by atoms with Crippen molar-refractivity contribution in [3.05, 3.63) is 53.2 Å². The van der Waals surface area contributed by atoms with Gasteiger partial charge in [-0.3, -0.25) is 0 Å². The molecule has 0 radical (unpaired) electrons. The van der Waals surface area contributed by atoms with E-state index in [1.807, 2.05) is 0 Å². The summed E-state index contributed by atoms with van der Waals surface area (Å²) in [5.41, 5.74) is -0.334. The number of halogens is 3. The Bertz CT molecular complexity index is 640. The molecule has 0 bridgehead atoms. The Morgan fingerprint density at radius 2 is 1.81 bits per heavy atom. The lowest BCUT2D eigenvalue weighted by Gasteiger charge is -2.12. The second-order valence-electron chi connectivity index (χ2n) is 4.41. The van der Waals surface area contributed by atoms with Crippen molar-refractivity contribution < 1.29 is 13.2 Å². The highest BCUT2D eigenvalue weighted by atomic mass is 19.4. The Kier molecular flexibility index (Phi) is 5.15. The number of nitrogens with zero attached hydrogens (tertiary/aromatic N) is 3. The van der Waals surface area contributed by atoms with Gasteiger partial charge in [-0.1, -0.05) is 12.1 Å². The molecule has 1 aromatic carbocycles. The molecule has 0 saturated heterocycles. The fraction of sp³-hybridized carbons (Fsp3) is 0.200. The van der Waals surface area contributed by atoms with Crippen molar-refractivity contribution in [1.82, 2.24) is 4.90 Å². The highest BCUT2D eigenvalue weighted by molar-refractivity contribution is 5.76. The van der Waals surface area contributed by atoms with Gasteiger partial charge in [0.05, 0.1) is 5.56 Å². The lowest BCUT2D eigenvalue weighted by Crippen LogP contribution is -2.06. The lowest BCUT2D eigenvalue weighted by atomic mass is 10.0. The molecule has 0 spiro atoms. The maximum Gasteiger partial charge on any atom is 0.416 e. The van der Waals surface area contributed by atoms with Crippen molar-refractivity contribution in [2.75, 3.05) is 14.1 Å². The molecule has 6 heteroatoms. The number of allylic oxidation sites excluding steroid dienone is 3. The first kappa shape index (κ1) is 16.3. The minimum Gasteiger partial charge on any atom is -0.383 e. The molecule has 1 aromatic rings. The first-order chi connectivity index (χ1) is 9.77. The highest BCUT2D eigenvalue weighted by Gasteiger charge is 2.30. The minimum atomic E-state index is -4.45. The molecule has 3 nitrogen and oxygen atoms in total. The van der Waals surface area contributed by atoms with Crippen LogP contribution in [0.15, 0.2) is 42.1 Å². The monoisotopic (exact) mass is 291 g/mol. The van der Waals surface area contributed by atoms with E-state index >= 15 is 0 Å². The zero-order valence-electron chi connectivity index (χ0n) is 11.4. The summed E-state index contributed by atoms with van der Waals surface area (Å²) in [7, 11) is 3.39. The van der Waals surface area contributed by atoms with E-state index < -0.39 is 11.7 Å². The third-order valence-corrected chi connectivity index (χ3v) is 2.46. The summed E-state index contributed by atoms with van der Waals surface area (Å²) >= 11 is 0. The van der Waals surface area contributed by atoms with Crippen LogP contribution in [0.1, 0.15) is 11.1 Å². The average molecular weight is 291 g/mol. The predicted octanol–water partition coefficient (Wildman–Crippen LogP) is 3.58. The Balaban J connectivity index is 3.40. The zero-order valence-corrected chi connectivity index (χ0v) is 11.4. The first-order valence-corrected chi connectivity index (χ1v) is 5.85. The van der Waals surface area contributed by atoms with Crippen LogP contribution in [-0.4, -0.2) is 19.0 Å². The van der Waals surface area contributed by atoms with Gasteiger partial charge < -0.3 is 4.90 Å². The molecule has 108 valence electrons. The van der Waals surface area contributed by atoms with Crippen LogP contribution in [0.4, 0.5) is 13.2 Å². The molecular weight excluding hydrogens is 279 g/mol. The van der Waals surface area contributed by atoms with E-state index in [0.717, 1.165) is 12.1 Å². The van der Waals surface area contributed by atoms with E-state index in [1.165, 1.54) is 18.2 Å². The van der Waals surface area contributed by atoms with E-state index in [0.29, 0.717) is 5.57 Å². The molecule has 0 fully saturated rings. The van der Waals surface area contributed by atoms with Crippen LogP contribution >= 0.6 is 0 Å². The van der Waals surface area contributed by atoms with Crippen molar-refractivity contribution in [3.63, 3.8) is 0 Å². The van der Waals surface area contributed by atoms with Crippen molar-refractivity contribution in [3.8, 4) is 12.1 Å². The quantitative estimate of drug-likeness (QED) is 0.631. The van der Waals surface area contributed by atoms with Gasteiger partial charge in [0, 0.05) is 20.3 Å². The van der Waals surface area contributed by atoms with Crippen LogP contribution in [0.3, 0.4) is 0 Å². The molecule has 0 aliphatic rings. The molecule has 0 aliphatic heterocycles. The Labute approximate surface area is 120 Å². The molecule has 0 amide bonds. The number of hydrogen-bond acceptors (Lipinski definition) is 3. The summed E-state index contributed by atoms with van der Waals surface area (Å²) in [6.07, 6.45) is -1.64. The molecular formula is C15H12F3N3. The Morgan fingerprint density at radius 3 is 2.29 bits per heavy atom. The van der Waals surface area contributed by atoms with Crippen LogP contribution in [0.25, 0.3) is 5.57 Å². The number of alkyl halides is 3. The molecule has 0 N–H and O–H groups in total. The van der Waals surface area contributed by atoms with Gasteiger partial charge in [-0.05, 0) is 29.3 Å². The largest absolute Gasteiger partial charge is 0.416 e. The van der Waals surface area contributed by atoms with Gasteiger partial charge in [0.15, 0.2) is 0 Å². The summed E-state index contributed by atoms with van der Waals surface area (Å²) in [4.78, 5) is 1.62. The van der Waals surface area contributed by atoms with Crippen LogP contribution in [-0.2, 0) is 6.18 Å². The third kappa shape index (κ3) is 4.70. The molecule has 0 heterocycles. The fourth-order valence-electron chi connectivity index (χ4n) is 1.59. The second-order valence-corrected chi connectivity index (χ2v) is 4.41. The normalized spacial score (nSPS) is 11.3. The van der Waals surface area contributed by atoms with E-state index in [2.05, 4.69) is 0 Å². The van der Waals surface area contributed by atoms with Gasteiger partial charge in [0.25, 0.3) is 0 Å². The molecule has 0 saturated carbocycles. The van der Waals surface area contributed by atoms with Crippen LogP contribution in [0.5, 0.6) is 0 Å². The van der Waals surface area contributed by atoms with Gasteiger partial charge in [0.2, 0.25) is 0 Å². The molecule has 0 unspecified atom stereocenters. The maximum atomic E-state index is 12.7. The van der Waals surface area contributed by atoms with E-state index in [1.54, 1.807) is 37.3 Å². The summed E-state index contributed by atoms with van der Waals surface area (Å²) in [6, 6.07) is 8.11. The molecule has 0 aromatic heterocycles. The predicted molar refractivity (Wildman–Crippen MR) is 72.4 cm³/mol. The van der Waals surface area contributed by atoms with Crippen LogP contribution < -0.4 is 0 Å². The number of hydrogen-bond donors (Lipinski definition) is 0. The fourth-order valence-corrected chi connectivity index (χ4v) is 1.59. The molecule has 0 aliphatic carbocycles. The molecule has 21 heavy (non-hydrogen) atoms. The van der Waals surface area contributed by atoms with Gasteiger partial charge in [-0.2, -0.15) is 23.7 Å². The summed E-state index contributed by atoms with van der Waals surface area (Å²) in [6.45, 7) is 0. The van der Waals surface area contributed by atoms with Gasteiger partial charge in [-0.25, -0.2) is 0 Å². The summed E-state index contributed by atoms with van der Waals surface area (Å²) in [5.74, 6) is 0. The van der Waals surface area contributed by atoms with Gasteiger partial charge in [0.1, 0.15) is 17.7 Å². The van der Waals surface area contributed by atoms with Crippen molar-refractivity contribution in [2.24, 2.45) is 0 Å². The number of nitriles is 2. The first-order valence-electron chi connectivity index (χ1n) is 5.85. The van der Waals surface area contributed by atoms with Crippen molar-refractivity contribution in [2.45, 2.75) is 6.18 Å². The average Bonchev–Trinajstić information content (AvgIpc) is 2.42. The highest BCUT2D eigenvalue weighted by Crippen LogP contribution is 2.31. The van der Waals surface area contributed by atoms with E-state index in [9.17, 15) is 13.2 Å². The van der Waals surface area contributed by atoms with E-state index in [-0.39, 0.29) is 11.1 Å². The Hall–Kier alpha value is -2.73. The topological polar surface area (TPSA) is 50.8 Å². The van der Waals surface area contributed by atoms with Crippen molar-refractivity contribution in [1.29, 1.82) is 10.5 Å². The zero-order chi connectivity index (χ0) is 16.0. The lowest BCUT2D eigenvalue weighted by molar-refractivity contribution is -0.137. The van der Waals surface area contributed by atoms with Gasteiger partial charge >= 0.3 is 6.18 Å². The molecule has 1 rings (SSSR count). The molecule has 0 atom stereocenters. The SMILES string of the molecule is CN(C)/C=C(\C=C(C#N)C#N)c1cccc(C(F)(F)F)c1. The standard InChI is InChI=1S/C15H12F3N3/c1-21(2)10-13(6-11(8-19)9-20)12-4-3-5-14(7-12)15(16,17)18/h3-7,10H,1-2H3/b13-10+. The maximum absolute atomic E-state index is 12.7. The number of benzene rings is 1. The van der Waals surface area contributed by atoms with Crippen molar-refractivity contribution >= 4 is 5.57 Å². The van der Waals surface area contributed by atoms with E-state index in [4.69, 9.17) is 10.5 Å². The second kappa shape index (κ2) is 6.62. The third-order valence-electron chi connectivity index (χ3n) is 2.46.